The van der Waals surface area contributed by atoms with Crippen molar-refractivity contribution in [1.82, 2.24) is 52.3 Å². The number of likely N-dealkylation sites (tertiary alicyclic amines) is 2. The molecule has 23 heteroatoms. The summed E-state index contributed by atoms with van der Waals surface area (Å²) in [6.45, 7) is 6.08. The number of carbonyl (C=O) groups excluding carboxylic acids is 9. The van der Waals surface area contributed by atoms with Crippen molar-refractivity contribution in [3.8, 4) is 0 Å². The molecule has 8 atom stereocenters. The molecule has 1 aromatic carbocycles. The molecule has 3 fully saturated rings. The van der Waals surface area contributed by atoms with E-state index in [4.69, 9.17) is 5.73 Å². The van der Waals surface area contributed by atoms with Crippen molar-refractivity contribution in [2.75, 3.05) is 63.0 Å². The van der Waals surface area contributed by atoms with Crippen molar-refractivity contribution in [3.05, 3.63) is 35.9 Å². The van der Waals surface area contributed by atoms with Gasteiger partial charge >= 0.3 is 0 Å². The topological polar surface area (TPSA) is 303 Å². The molecule has 3 saturated heterocycles. The highest BCUT2D eigenvalue weighted by Gasteiger charge is 2.38. The summed E-state index contributed by atoms with van der Waals surface area (Å²) in [6.07, 6.45) is 6.19. The van der Waals surface area contributed by atoms with E-state index in [1.54, 1.807) is 0 Å². The van der Waals surface area contributed by atoms with E-state index >= 15 is 0 Å². The number of rotatable bonds is 23. The van der Waals surface area contributed by atoms with Crippen LogP contribution >= 0.6 is 23.5 Å². The standard InChI is InChI=1S/C49H79N11O10S2/c1-5-6-16-33(42(63)51-22-20-32-14-8-7-9-15-32)54-49(70)40-19-13-24-60(40)41(62)26-52-43(64)34(17-10-11-21-50)53-46(67)37-28-71-30-72-29-38(58-48(69)39-18-12-23-59(39)4)47(68)55-35(25-31(2)3)44(65)56-36(27-61)45(66)57-37/h7-9,14-15,31,33-40,61H,5-6,10-13,16-30,50H2,1-4H3,(H,51,63)(H,52,64)(H,53,67)(H,54,70)(H,55,68)(H,56,65)(H,57,66)(H,58,69)/t33-,34+,35+,36+,37+,38+,39+,40+/m1/s1. The second-order valence-electron chi connectivity index (χ2n) is 19.1. The summed E-state index contributed by atoms with van der Waals surface area (Å²) in [4.78, 5) is 126. The molecular formula is C49H79N11O10S2. The second-order valence-corrected chi connectivity index (χ2v) is 21.5. The predicted octanol–water partition coefficient (Wildman–Crippen LogP) is -0.749. The highest BCUT2D eigenvalue weighted by atomic mass is 32.2. The van der Waals surface area contributed by atoms with Gasteiger partial charge in [-0.25, -0.2) is 0 Å². The Bertz CT molecular complexity index is 1970. The van der Waals surface area contributed by atoms with Gasteiger partial charge in [0.05, 0.1) is 19.2 Å². The number of nitrogens with zero attached hydrogens (tertiary/aromatic N) is 2. The lowest BCUT2D eigenvalue weighted by Crippen LogP contribution is -2.61. The highest BCUT2D eigenvalue weighted by Crippen LogP contribution is 2.20. The molecule has 3 heterocycles. The molecule has 0 unspecified atom stereocenters. The Morgan fingerprint density at radius 2 is 1.42 bits per heavy atom. The predicted molar refractivity (Wildman–Crippen MR) is 277 cm³/mol. The maximum absolute atomic E-state index is 14.1. The third-order valence-corrected chi connectivity index (χ3v) is 15.4. The molecule has 0 saturated carbocycles. The van der Waals surface area contributed by atoms with E-state index in [0.29, 0.717) is 69.5 Å². The lowest BCUT2D eigenvalue weighted by atomic mass is 10.0. The molecule has 0 aliphatic carbocycles. The Hall–Kier alpha value is -4.97. The number of aliphatic hydroxyl groups excluding tert-OH is 1. The number of carbonyl (C=O) groups is 9. The van der Waals surface area contributed by atoms with E-state index in [-0.39, 0.29) is 48.6 Å². The van der Waals surface area contributed by atoms with Gasteiger partial charge in [-0.2, -0.15) is 0 Å². The third-order valence-electron chi connectivity index (χ3n) is 12.9. The summed E-state index contributed by atoms with van der Waals surface area (Å²) in [6, 6.07) is 1.55. The largest absolute Gasteiger partial charge is 0.394 e. The zero-order valence-corrected chi connectivity index (χ0v) is 44.0. The van der Waals surface area contributed by atoms with Crippen molar-refractivity contribution in [2.24, 2.45) is 11.7 Å². The lowest BCUT2D eigenvalue weighted by molar-refractivity contribution is -0.140. The summed E-state index contributed by atoms with van der Waals surface area (Å²) >= 11 is 2.57. The number of unbranched alkanes of at least 4 members (excludes halogenated alkanes) is 2. The summed E-state index contributed by atoms with van der Waals surface area (Å²) in [5.41, 5.74) is 6.83. The van der Waals surface area contributed by atoms with Crippen molar-refractivity contribution >= 4 is 76.7 Å². The van der Waals surface area contributed by atoms with E-state index < -0.39 is 103 Å². The van der Waals surface area contributed by atoms with E-state index in [0.717, 1.165) is 24.9 Å². The van der Waals surface area contributed by atoms with Crippen LogP contribution < -0.4 is 48.3 Å². The number of thioether (sulfide) groups is 2. The summed E-state index contributed by atoms with van der Waals surface area (Å²) in [5, 5.41) is 32.5. The molecule has 0 spiro atoms. The van der Waals surface area contributed by atoms with Gasteiger partial charge in [-0.3, -0.25) is 48.1 Å². The van der Waals surface area contributed by atoms with Gasteiger partial charge in [0, 0.05) is 29.7 Å². The first-order valence-corrected chi connectivity index (χ1v) is 27.7. The minimum absolute atomic E-state index is 0.0224. The molecule has 72 heavy (non-hydrogen) atoms. The van der Waals surface area contributed by atoms with Crippen molar-refractivity contribution < 1.29 is 48.3 Å². The number of hydrogen-bond donors (Lipinski definition) is 10. The maximum Gasteiger partial charge on any atom is 0.245 e. The molecule has 0 radical (unpaired) electrons. The quantitative estimate of drug-likeness (QED) is 0.0604. The average molecular weight is 1050 g/mol. The van der Waals surface area contributed by atoms with Crippen LogP contribution in [-0.4, -0.2) is 179 Å². The molecule has 3 aliphatic rings. The molecular weight excluding hydrogens is 967 g/mol. The SMILES string of the molecule is CCCC[C@@H](NC(=O)[C@@H]1CCCN1C(=O)CNC(=O)[C@H](CCCCN)NC(=O)[C@@H]1CSCSC[C@H](NC(=O)[C@@H]2CCCN2C)C(=O)N[C@@H](CC(C)C)C(=O)N[C@@H](CO)C(=O)N1)C(=O)NCCc1ccccc1. The van der Waals surface area contributed by atoms with Crippen LogP contribution in [0.4, 0.5) is 0 Å². The van der Waals surface area contributed by atoms with Gasteiger partial charge in [0.2, 0.25) is 53.2 Å². The average Bonchev–Trinajstić information content (AvgIpc) is 4.04. The fourth-order valence-corrected chi connectivity index (χ4v) is 11.0. The highest BCUT2D eigenvalue weighted by molar-refractivity contribution is 8.16. The Balaban J connectivity index is 1.43. The summed E-state index contributed by atoms with van der Waals surface area (Å²) < 4.78 is 0. The molecule has 0 aromatic heterocycles. The number of nitrogens with two attached hydrogens (primary N) is 1. The van der Waals surface area contributed by atoms with Gasteiger partial charge in [0.15, 0.2) is 0 Å². The van der Waals surface area contributed by atoms with Crippen molar-refractivity contribution in [2.45, 2.75) is 146 Å². The number of amides is 9. The van der Waals surface area contributed by atoms with Crippen molar-refractivity contribution in [1.29, 1.82) is 0 Å². The molecule has 3 aliphatic heterocycles. The van der Waals surface area contributed by atoms with Crippen LogP contribution in [0, 0.1) is 5.92 Å². The molecule has 21 nitrogen and oxygen atoms in total. The minimum atomic E-state index is -1.52. The normalized spacial score (nSPS) is 23.3. The first kappa shape index (κ1) is 59.6. The van der Waals surface area contributed by atoms with Gasteiger partial charge < -0.3 is 58.3 Å². The monoisotopic (exact) mass is 1050 g/mol. The third kappa shape index (κ3) is 19.5. The fraction of sp³-hybridized carbons (Fsp3) is 0.694. The molecule has 11 N–H and O–H groups in total. The van der Waals surface area contributed by atoms with Crippen LogP contribution in [0.15, 0.2) is 30.3 Å². The van der Waals surface area contributed by atoms with Crippen LogP contribution in [0.3, 0.4) is 0 Å². The summed E-state index contributed by atoms with van der Waals surface area (Å²) in [5.74, 6) is -5.19. The van der Waals surface area contributed by atoms with Gasteiger partial charge in [-0.05, 0) is 95.8 Å². The van der Waals surface area contributed by atoms with Crippen LogP contribution in [0.25, 0.3) is 0 Å². The fourth-order valence-electron chi connectivity index (χ4n) is 8.78. The van der Waals surface area contributed by atoms with Crippen molar-refractivity contribution in [3.63, 3.8) is 0 Å². The number of benzene rings is 1. The summed E-state index contributed by atoms with van der Waals surface area (Å²) in [7, 11) is 1.84. The number of hydrogen-bond acceptors (Lipinski definition) is 14. The van der Waals surface area contributed by atoms with Gasteiger partial charge in [0.1, 0.15) is 42.3 Å². The molecule has 4 rings (SSSR count). The number of likely N-dealkylation sites (N-methyl/N-ethyl adjacent to an activating group) is 1. The van der Waals surface area contributed by atoms with Crippen LogP contribution in [0.1, 0.15) is 97.0 Å². The van der Waals surface area contributed by atoms with Crippen LogP contribution in [0.5, 0.6) is 0 Å². The maximum atomic E-state index is 14.1. The Kier molecular flexibility index (Phi) is 26.1. The Morgan fingerprint density at radius 3 is 2.08 bits per heavy atom. The zero-order valence-electron chi connectivity index (χ0n) is 42.3. The van der Waals surface area contributed by atoms with E-state index in [1.807, 2.05) is 63.1 Å². The first-order chi connectivity index (χ1) is 34.6. The molecule has 9 amide bonds. The smallest absolute Gasteiger partial charge is 0.245 e. The molecule has 1 aromatic rings. The van der Waals surface area contributed by atoms with E-state index in [9.17, 15) is 48.3 Å². The van der Waals surface area contributed by atoms with Crippen LogP contribution in [0.2, 0.25) is 0 Å². The molecule has 402 valence electrons. The lowest BCUT2D eigenvalue weighted by Gasteiger charge is -2.27. The van der Waals surface area contributed by atoms with Gasteiger partial charge in [0.25, 0.3) is 0 Å². The number of aliphatic hydroxyl groups is 1. The minimum Gasteiger partial charge on any atom is -0.394 e. The first-order valence-electron chi connectivity index (χ1n) is 25.4. The van der Waals surface area contributed by atoms with E-state index in [2.05, 4.69) is 42.5 Å². The van der Waals surface area contributed by atoms with Gasteiger partial charge in [-0.1, -0.05) is 63.9 Å². The second kappa shape index (κ2) is 31.6. The Morgan fingerprint density at radius 1 is 0.778 bits per heavy atom. The zero-order chi connectivity index (χ0) is 52.6. The number of nitrogens with one attached hydrogen (secondary N) is 8. The Labute approximate surface area is 432 Å². The molecule has 0 bridgehead atoms. The van der Waals surface area contributed by atoms with E-state index in [1.165, 1.54) is 28.4 Å². The van der Waals surface area contributed by atoms with Gasteiger partial charge in [-0.15, -0.1) is 23.5 Å². The van der Waals surface area contributed by atoms with Crippen LogP contribution in [-0.2, 0) is 49.6 Å².